The van der Waals surface area contributed by atoms with Crippen LogP contribution in [0.25, 0.3) is 11.1 Å². The Balaban J connectivity index is 1.53. The first-order valence-corrected chi connectivity index (χ1v) is 13.6. The van der Waals surface area contributed by atoms with Crippen molar-refractivity contribution >= 4 is 0 Å². The number of benzene rings is 5. The smallest absolute Gasteiger partial charge is 0.0620 e. The average Bonchev–Trinajstić information content (AvgIpc) is 3.19. The Kier molecular flexibility index (Phi) is 5.01. The van der Waals surface area contributed by atoms with Crippen LogP contribution in [-0.4, -0.2) is 0 Å². The predicted octanol–water partition coefficient (Wildman–Crippen LogP) is 8.72. The van der Waals surface area contributed by atoms with Gasteiger partial charge in [0.2, 0.25) is 0 Å². The molecule has 2 aliphatic rings. The van der Waals surface area contributed by atoms with Crippen LogP contribution in [0.2, 0.25) is 0 Å². The maximum Gasteiger partial charge on any atom is 0.0719 e. The maximum absolute atomic E-state index is 2.50. The lowest BCUT2D eigenvalue weighted by atomic mass is 9.61. The quantitative estimate of drug-likeness (QED) is 0.239. The molecular formula is C37H32. The second-order valence-electron chi connectivity index (χ2n) is 11.0. The standard InChI is InChI=1S/C37H32/c1-4-28-12-9-15-35-36(28)31-22-26(21-27-19-24(2)18-25(3)20-27)16-17-34(31)37(35)32-13-7-5-10-29(32)23-30-11-6-8-14-33(30)37/h5-20,22H,4,21,23H2,1-3H3. The minimum atomic E-state index is -0.264. The Morgan fingerprint density at radius 1 is 0.595 bits per heavy atom. The van der Waals surface area contributed by atoms with Crippen molar-refractivity contribution < 1.29 is 0 Å². The molecule has 0 bridgehead atoms. The number of hydrogen-bond acceptors (Lipinski definition) is 0. The van der Waals surface area contributed by atoms with E-state index in [9.17, 15) is 0 Å². The van der Waals surface area contributed by atoms with Crippen LogP contribution < -0.4 is 0 Å². The molecule has 0 heteroatoms. The third-order valence-electron chi connectivity index (χ3n) is 8.61. The van der Waals surface area contributed by atoms with E-state index in [0.717, 1.165) is 19.3 Å². The highest BCUT2D eigenvalue weighted by Crippen LogP contribution is 2.60. The molecule has 0 amide bonds. The fraction of sp³-hybridized carbons (Fsp3) is 0.189. The molecule has 0 unspecified atom stereocenters. The molecule has 0 aromatic heterocycles. The summed E-state index contributed by atoms with van der Waals surface area (Å²) in [4.78, 5) is 0. The molecular weight excluding hydrogens is 444 g/mol. The first-order valence-electron chi connectivity index (χ1n) is 13.6. The summed E-state index contributed by atoms with van der Waals surface area (Å²) in [5.41, 5.74) is 18.2. The van der Waals surface area contributed by atoms with Gasteiger partial charge in [-0.05, 0) is 94.3 Å². The van der Waals surface area contributed by atoms with Crippen molar-refractivity contribution in [3.8, 4) is 11.1 Å². The van der Waals surface area contributed by atoms with Crippen molar-refractivity contribution in [2.24, 2.45) is 0 Å². The van der Waals surface area contributed by atoms with E-state index in [1.54, 1.807) is 0 Å². The second kappa shape index (κ2) is 8.32. The van der Waals surface area contributed by atoms with Gasteiger partial charge in [-0.25, -0.2) is 0 Å². The Labute approximate surface area is 220 Å². The van der Waals surface area contributed by atoms with E-state index in [4.69, 9.17) is 0 Å². The van der Waals surface area contributed by atoms with E-state index >= 15 is 0 Å². The van der Waals surface area contributed by atoms with Crippen LogP contribution in [-0.2, 0) is 24.7 Å². The zero-order valence-corrected chi connectivity index (χ0v) is 21.9. The number of fused-ring (bicyclic) bond motifs is 9. The number of rotatable bonds is 3. The van der Waals surface area contributed by atoms with Crippen LogP contribution in [0.5, 0.6) is 0 Å². The zero-order chi connectivity index (χ0) is 25.1. The van der Waals surface area contributed by atoms with Crippen LogP contribution in [0, 0.1) is 13.8 Å². The number of aryl methyl sites for hydroxylation is 3. The van der Waals surface area contributed by atoms with Gasteiger partial charge in [-0.1, -0.05) is 121 Å². The fourth-order valence-corrected chi connectivity index (χ4v) is 7.32. The average molecular weight is 477 g/mol. The monoisotopic (exact) mass is 476 g/mol. The van der Waals surface area contributed by atoms with Gasteiger partial charge in [0.05, 0.1) is 5.41 Å². The third-order valence-corrected chi connectivity index (χ3v) is 8.61. The number of hydrogen-bond donors (Lipinski definition) is 0. The van der Waals surface area contributed by atoms with Gasteiger partial charge in [0.1, 0.15) is 0 Å². The van der Waals surface area contributed by atoms with Gasteiger partial charge in [-0.2, -0.15) is 0 Å². The summed E-state index contributed by atoms with van der Waals surface area (Å²) < 4.78 is 0. The summed E-state index contributed by atoms with van der Waals surface area (Å²) in [6.45, 7) is 6.69. The zero-order valence-electron chi connectivity index (χ0n) is 21.9. The van der Waals surface area contributed by atoms with Gasteiger partial charge < -0.3 is 0 Å². The predicted molar refractivity (Wildman–Crippen MR) is 155 cm³/mol. The van der Waals surface area contributed by atoms with Gasteiger partial charge in [-0.15, -0.1) is 0 Å². The van der Waals surface area contributed by atoms with E-state index in [2.05, 4.69) is 124 Å². The highest BCUT2D eigenvalue weighted by atomic mass is 14.5. The molecule has 0 nitrogen and oxygen atoms in total. The van der Waals surface area contributed by atoms with Crippen molar-refractivity contribution in [2.45, 2.75) is 45.4 Å². The molecule has 0 saturated heterocycles. The molecule has 0 N–H and O–H groups in total. The minimum absolute atomic E-state index is 0.264. The topological polar surface area (TPSA) is 0 Å². The summed E-state index contributed by atoms with van der Waals surface area (Å²) in [6, 6.07) is 39.6. The van der Waals surface area contributed by atoms with Gasteiger partial charge >= 0.3 is 0 Å². The summed E-state index contributed by atoms with van der Waals surface area (Å²) >= 11 is 0. The molecule has 5 aromatic carbocycles. The largest absolute Gasteiger partial charge is 0.0719 e. The molecule has 2 aliphatic carbocycles. The van der Waals surface area contributed by atoms with Crippen molar-refractivity contribution in [2.75, 3.05) is 0 Å². The van der Waals surface area contributed by atoms with E-state index in [0.29, 0.717) is 0 Å². The van der Waals surface area contributed by atoms with Crippen molar-refractivity contribution in [1.29, 1.82) is 0 Å². The first-order chi connectivity index (χ1) is 18.1. The highest BCUT2D eigenvalue weighted by molar-refractivity contribution is 5.89. The van der Waals surface area contributed by atoms with Crippen molar-refractivity contribution in [1.82, 2.24) is 0 Å². The Morgan fingerprint density at radius 3 is 1.92 bits per heavy atom. The molecule has 0 saturated carbocycles. The fourth-order valence-electron chi connectivity index (χ4n) is 7.32. The minimum Gasteiger partial charge on any atom is -0.0620 e. The first kappa shape index (κ1) is 22.3. The Bertz CT molecular complexity index is 1620. The maximum atomic E-state index is 2.50. The molecule has 0 heterocycles. The van der Waals surface area contributed by atoms with E-state index in [1.807, 2.05) is 0 Å². The molecule has 37 heavy (non-hydrogen) atoms. The lowest BCUT2D eigenvalue weighted by Gasteiger charge is -2.40. The molecule has 0 radical (unpaired) electrons. The normalized spacial score (nSPS) is 14.1. The molecule has 180 valence electrons. The summed E-state index contributed by atoms with van der Waals surface area (Å²) in [5.74, 6) is 0. The van der Waals surface area contributed by atoms with Gasteiger partial charge in [0, 0.05) is 0 Å². The van der Waals surface area contributed by atoms with Crippen molar-refractivity contribution in [3.63, 3.8) is 0 Å². The summed E-state index contributed by atoms with van der Waals surface area (Å²) in [6.07, 6.45) is 2.99. The van der Waals surface area contributed by atoms with Crippen LogP contribution in [0.4, 0.5) is 0 Å². The molecule has 5 aromatic rings. The van der Waals surface area contributed by atoms with Crippen LogP contribution in [0.15, 0.2) is 103 Å². The van der Waals surface area contributed by atoms with Crippen LogP contribution >= 0.6 is 0 Å². The van der Waals surface area contributed by atoms with Crippen LogP contribution in [0.3, 0.4) is 0 Å². The summed E-state index contributed by atoms with van der Waals surface area (Å²) in [5, 5.41) is 0. The molecule has 0 atom stereocenters. The van der Waals surface area contributed by atoms with Crippen molar-refractivity contribution in [3.05, 3.63) is 164 Å². The van der Waals surface area contributed by atoms with Gasteiger partial charge in [0.25, 0.3) is 0 Å². The lowest BCUT2D eigenvalue weighted by Crippen LogP contribution is -2.34. The molecule has 1 spiro atoms. The van der Waals surface area contributed by atoms with Gasteiger partial charge in [0.15, 0.2) is 0 Å². The molecule has 0 fully saturated rings. The van der Waals surface area contributed by atoms with E-state index in [-0.39, 0.29) is 5.41 Å². The van der Waals surface area contributed by atoms with Gasteiger partial charge in [-0.3, -0.25) is 0 Å². The van der Waals surface area contributed by atoms with E-state index in [1.165, 1.54) is 72.3 Å². The third kappa shape index (κ3) is 3.22. The van der Waals surface area contributed by atoms with E-state index < -0.39 is 0 Å². The second-order valence-corrected chi connectivity index (χ2v) is 11.0. The van der Waals surface area contributed by atoms with Crippen LogP contribution in [0.1, 0.15) is 68.1 Å². The SMILES string of the molecule is CCc1cccc2c1-c1cc(Cc3cc(C)cc(C)c3)ccc1C21c2ccccc2Cc2ccccc21. The summed E-state index contributed by atoms with van der Waals surface area (Å²) in [7, 11) is 0. The molecule has 0 aliphatic heterocycles. The molecule has 7 rings (SSSR count). The Hall–Kier alpha value is -3.90. The lowest BCUT2D eigenvalue weighted by molar-refractivity contribution is 0.721. The highest BCUT2D eigenvalue weighted by Gasteiger charge is 2.50. The Morgan fingerprint density at radius 2 is 1.24 bits per heavy atom.